The number of phenols is 1. The van der Waals surface area contributed by atoms with E-state index in [9.17, 15) is 27.1 Å². The first kappa shape index (κ1) is 18.0. The van der Waals surface area contributed by atoms with Crippen molar-refractivity contribution in [1.29, 1.82) is 0 Å². The second-order valence-corrected chi connectivity index (χ2v) is 6.82. The number of ether oxygens (including phenoxy) is 1. The van der Waals surface area contributed by atoms with Crippen molar-refractivity contribution in [3.63, 3.8) is 0 Å². The summed E-state index contributed by atoms with van der Waals surface area (Å²) >= 11 is 0. The second-order valence-electron chi connectivity index (χ2n) is 6.82. The number of halogens is 5. The Morgan fingerprint density at radius 1 is 1.15 bits per heavy atom. The fourth-order valence-electron chi connectivity index (χ4n) is 4.02. The third-order valence-corrected chi connectivity index (χ3v) is 5.17. The van der Waals surface area contributed by atoms with Crippen LogP contribution in [0, 0.1) is 17.6 Å². The molecule has 2 aromatic rings. The Morgan fingerprint density at radius 3 is 2.63 bits per heavy atom. The second kappa shape index (κ2) is 6.37. The number of alkyl halides is 3. The van der Waals surface area contributed by atoms with Crippen molar-refractivity contribution < 1.29 is 31.8 Å². The molecule has 2 aliphatic heterocycles. The lowest BCUT2D eigenvalue weighted by Gasteiger charge is -2.43. The van der Waals surface area contributed by atoms with Crippen molar-refractivity contribution >= 4 is 5.69 Å². The molecule has 2 aromatic carbocycles. The Morgan fingerprint density at radius 2 is 1.93 bits per heavy atom. The molecule has 1 saturated heterocycles. The minimum Gasteiger partial charge on any atom is -0.508 e. The molecule has 2 N–H and O–H groups in total. The molecule has 8 heteroatoms. The van der Waals surface area contributed by atoms with Gasteiger partial charge in [-0.05, 0) is 36.6 Å². The molecule has 0 bridgehead atoms. The zero-order valence-electron chi connectivity index (χ0n) is 14.0. The van der Waals surface area contributed by atoms with Crippen LogP contribution in [0.1, 0.15) is 41.7 Å². The number of nitrogens with one attached hydrogen (secondary N) is 1. The molecule has 1 fully saturated rings. The maximum absolute atomic E-state index is 14.7. The fraction of sp³-hybridized carbons (Fsp3) is 0.368. The van der Waals surface area contributed by atoms with Crippen LogP contribution >= 0.6 is 0 Å². The third kappa shape index (κ3) is 3.01. The summed E-state index contributed by atoms with van der Waals surface area (Å²) in [6.07, 6.45) is -4.79. The van der Waals surface area contributed by atoms with Crippen molar-refractivity contribution in [2.24, 2.45) is 5.92 Å². The van der Waals surface area contributed by atoms with Crippen LogP contribution in [0.2, 0.25) is 0 Å². The van der Waals surface area contributed by atoms with Gasteiger partial charge in [0.1, 0.15) is 17.4 Å². The molecule has 3 atom stereocenters. The van der Waals surface area contributed by atoms with E-state index in [-0.39, 0.29) is 24.1 Å². The summed E-state index contributed by atoms with van der Waals surface area (Å²) in [7, 11) is 0. The first-order chi connectivity index (χ1) is 12.8. The van der Waals surface area contributed by atoms with Crippen LogP contribution in [0.15, 0.2) is 30.3 Å². The monoisotopic (exact) mass is 385 g/mol. The Bertz CT molecular complexity index is 883. The van der Waals surface area contributed by atoms with Crippen LogP contribution in [0.4, 0.5) is 27.6 Å². The summed E-state index contributed by atoms with van der Waals surface area (Å²) in [6.45, 7) is 0.255. The topological polar surface area (TPSA) is 41.5 Å². The number of phenolic OH excluding ortho intramolecular Hbond substituents is 1. The predicted molar refractivity (Wildman–Crippen MR) is 87.2 cm³/mol. The van der Waals surface area contributed by atoms with Gasteiger partial charge in [-0.15, -0.1) is 0 Å². The number of rotatable bonds is 1. The largest absolute Gasteiger partial charge is 0.508 e. The Balaban J connectivity index is 1.88. The van der Waals surface area contributed by atoms with Gasteiger partial charge < -0.3 is 15.2 Å². The standard InChI is InChI=1S/C19H16F5NO2/c20-13-8-12(19(22,23)24)15(21)14-17(13)25-16(9-3-1-4-10(26)7-9)11-5-2-6-27-18(11)14/h1,3-4,7-8,11,16,18,25-26H,2,5-6H2/t11-,16-,18-/m0/s1. The van der Waals surface area contributed by atoms with Gasteiger partial charge >= 0.3 is 6.18 Å². The molecular formula is C19H16F5NO2. The number of hydrogen-bond acceptors (Lipinski definition) is 3. The molecule has 144 valence electrons. The van der Waals surface area contributed by atoms with Crippen LogP contribution < -0.4 is 5.32 Å². The van der Waals surface area contributed by atoms with Crippen molar-refractivity contribution in [1.82, 2.24) is 0 Å². The molecular weight excluding hydrogens is 369 g/mol. The van der Waals surface area contributed by atoms with Gasteiger partial charge in [0, 0.05) is 18.1 Å². The SMILES string of the molecule is Oc1cccc([C@@H]2Nc3c(F)cc(C(F)(F)F)c(F)c3[C@H]3OCCC[C@H]32)c1. The van der Waals surface area contributed by atoms with E-state index in [0.717, 1.165) is 0 Å². The Kier molecular flexibility index (Phi) is 4.25. The molecule has 0 aromatic heterocycles. The summed E-state index contributed by atoms with van der Waals surface area (Å²) in [4.78, 5) is 0. The first-order valence-electron chi connectivity index (χ1n) is 8.53. The van der Waals surface area contributed by atoms with E-state index >= 15 is 0 Å². The molecule has 2 heterocycles. The van der Waals surface area contributed by atoms with E-state index in [0.29, 0.717) is 18.4 Å². The van der Waals surface area contributed by atoms with Gasteiger partial charge in [0.15, 0.2) is 0 Å². The van der Waals surface area contributed by atoms with Gasteiger partial charge in [-0.25, -0.2) is 8.78 Å². The van der Waals surface area contributed by atoms with Gasteiger partial charge in [0.2, 0.25) is 0 Å². The van der Waals surface area contributed by atoms with Crippen molar-refractivity contribution in [2.75, 3.05) is 11.9 Å². The summed E-state index contributed by atoms with van der Waals surface area (Å²) in [5.74, 6) is -3.08. The van der Waals surface area contributed by atoms with E-state index in [1.54, 1.807) is 12.1 Å². The summed E-state index contributed by atoms with van der Waals surface area (Å²) in [5, 5.41) is 12.6. The van der Waals surface area contributed by atoms with Crippen molar-refractivity contribution in [3.8, 4) is 5.75 Å². The molecule has 2 aliphatic rings. The van der Waals surface area contributed by atoms with E-state index in [1.807, 2.05) is 0 Å². The number of benzene rings is 2. The molecule has 0 amide bonds. The highest BCUT2D eigenvalue weighted by Crippen LogP contribution is 2.52. The summed E-state index contributed by atoms with van der Waals surface area (Å²) < 4.78 is 74.2. The van der Waals surface area contributed by atoms with Gasteiger partial charge in [0.25, 0.3) is 0 Å². The zero-order valence-corrected chi connectivity index (χ0v) is 14.0. The van der Waals surface area contributed by atoms with Crippen LogP contribution in [-0.2, 0) is 10.9 Å². The van der Waals surface area contributed by atoms with Crippen molar-refractivity contribution in [3.05, 3.63) is 58.7 Å². The van der Waals surface area contributed by atoms with Gasteiger partial charge in [-0.2, -0.15) is 13.2 Å². The Labute approximate surface area is 151 Å². The lowest BCUT2D eigenvalue weighted by atomic mass is 9.77. The van der Waals surface area contributed by atoms with E-state index in [1.165, 1.54) is 12.1 Å². The zero-order chi connectivity index (χ0) is 19.3. The van der Waals surface area contributed by atoms with E-state index < -0.39 is 47.0 Å². The molecule has 0 spiro atoms. The third-order valence-electron chi connectivity index (χ3n) is 5.17. The molecule has 3 nitrogen and oxygen atoms in total. The minimum absolute atomic E-state index is 0.00689. The average Bonchev–Trinajstić information content (AvgIpc) is 2.62. The van der Waals surface area contributed by atoms with Gasteiger partial charge in [-0.1, -0.05) is 12.1 Å². The van der Waals surface area contributed by atoms with Crippen molar-refractivity contribution in [2.45, 2.75) is 31.2 Å². The molecule has 0 unspecified atom stereocenters. The summed E-state index contributed by atoms with van der Waals surface area (Å²) in [6, 6.07) is 5.94. The molecule has 0 saturated carbocycles. The average molecular weight is 385 g/mol. The number of hydrogen-bond donors (Lipinski definition) is 2. The normalized spacial score (nSPS) is 24.7. The Hall–Kier alpha value is -2.35. The molecule has 0 radical (unpaired) electrons. The molecule has 0 aliphatic carbocycles. The maximum Gasteiger partial charge on any atom is 0.419 e. The number of aromatic hydroxyl groups is 1. The highest BCUT2D eigenvalue weighted by Gasteiger charge is 2.46. The highest BCUT2D eigenvalue weighted by molar-refractivity contribution is 5.60. The van der Waals surface area contributed by atoms with Gasteiger partial charge in [0.05, 0.1) is 23.4 Å². The molecule has 27 heavy (non-hydrogen) atoms. The van der Waals surface area contributed by atoms with Gasteiger partial charge in [-0.3, -0.25) is 0 Å². The van der Waals surface area contributed by atoms with Crippen LogP contribution in [0.5, 0.6) is 5.75 Å². The lowest BCUT2D eigenvalue weighted by molar-refractivity contribution is -0.140. The minimum atomic E-state index is -5.01. The quantitative estimate of drug-likeness (QED) is 0.653. The fourth-order valence-corrected chi connectivity index (χ4v) is 4.02. The first-order valence-corrected chi connectivity index (χ1v) is 8.53. The highest BCUT2D eigenvalue weighted by atomic mass is 19.4. The van der Waals surface area contributed by atoms with Crippen LogP contribution in [0.3, 0.4) is 0 Å². The summed E-state index contributed by atoms with van der Waals surface area (Å²) in [5.41, 5.74) is -1.74. The predicted octanol–water partition coefficient (Wildman–Crippen LogP) is 5.32. The van der Waals surface area contributed by atoms with Crippen LogP contribution in [-0.4, -0.2) is 11.7 Å². The maximum atomic E-state index is 14.7. The lowest BCUT2D eigenvalue weighted by Crippen LogP contribution is -2.37. The van der Waals surface area contributed by atoms with Crippen LogP contribution in [0.25, 0.3) is 0 Å². The molecule has 4 rings (SSSR count). The van der Waals surface area contributed by atoms with E-state index in [2.05, 4.69) is 5.32 Å². The number of anilines is 1. The number of fused-ring (bicyclic) bond motifs is 3. The smallest absolute Gasteiger partial charge is 0.419 e. The van der Waals surface area contributed by atoms with E-state index in [4.69, 9.17) is 4.74 Å².